The van der Waals surface area contributed by atoms with Gasteiger partial charge < -0.3 is 0 Å². The summed E-state index contributed by atoms with van der Waals surface area (Å²) in [7, 11) is 0. The Bertz CT molecular complexity index is 1030. The second-order valence-electron chi connectivity index (χ2n) is 5.73. The zero-order chi connectivity index (χ0) is 17.1. The fourth-order valence-electron chi connectivity index (χ4n) is 2.84. The lowest BCUT2D eigenvalue weighted by atomic mass is 10.0. The highest BCUT2D eigenvalue weighted by Gasteiger charge is 2.15. The molecule has 4 heteroatoms. The summed E-state index contributed by atoms with van der Waals surface area (Å²) in [6, 6.07) is 22.9. The lowest BCUT2D eigenvalue weighted by Gasteiger charge is -2.08. The summed E-state index contributed by atoms with van der Waals surface area (Å²) in [6.07, 6.45) is 1.90. The molecular weight excluding hydrogens is 310 g/mol. The van der Waals surface area contributed by atoms with Gasteiger partial charge in [0, 0.05) is 22.7 Å². The third-order valence-corrected chi connectivity index (χ3v) is 4.08. The third-order valence-electron chi connectivity index (χ3n) is 4.08. The fraction of sp³-hybridized carbons (Fsp3) is 0.0476. The molecule has 0 aliphatic rings. The van der Waals surface area contributed by atoms with Gasteiger partial charge in [-0.1, -0.05) is 60.7 Å². The number of Topliss-reactive ketones (excluding diaryl/α,β-unsaturated/α-hetero) is 1. The van der Waals surface area contributed by atoms with Crippen molar-refractivity contribution >= 4 is 16.7 Å². The molecule has 0 aliphatic heterocycles. The van der Waals surface area contributed by atoms with Crippen LogP contribution >= 0.6 is 0 Å². The number of carbonyl (C=O) groups is 1. The summed E-state index contributed by atoms with van der Waals surface area (Å²) in [5.41, 5.74) is 3.75. The lowest BCUT2D eigenvalue weighted by molar-refractivity contribution is 0.0992. The molecular formula is C21H15N3O. The average molecular weight is 325 g/mol. The molecule has 0 bridgehead atoms. The zero-order valence-corrected chi connectivity index (χ0v) is 13.5. The van der Waals surface area contributed by atoms with Crippen molar-refractivity contribution < 1.29 is 4.79 Å². The number of ketones is 1. The molecule has 0 fully saturated rings. The lowest BCUT2D eigenvalue weighted by Crippen LogP contribution is -2.08. The van der Waals surface area contributed by atoms with E-state index in [0.29, 0.717) is 11.3 Å². The second kappa shape index (κ2) is 6.61. The molecule has 2 aromatic carbocycles. The highest BCUT2D eigenvalue weighted by molar-refractivity contribution is 6.00. The summed E-state index contributed by atoms with van der Waals surface area (Å²) in [5, 5.41) is 9.60. The first-order valence-corrected chi connectivity index (χ1v) is 8.07. The van der Waals surface area contributed by atoms with Crippen LogP contribution < -0.4 is 0 Å². The second-order valence-corrected chi connectivity index (χ2v) is 5.73. The van der Waals surface area contributed by atoms with Crippen LogP contribution in [0.15, 0.2) is 79.0 Å². The highest BCUT2D eigenvalue weighted by atomic mass is 16.1. The molecule has 4 rings (SSSR count). The van der Waals surface area contributed by atoms with E-state index in [0.717, 1.165) is 22.2 Å². The van der Waals surface area contributed by atoms with E-state index in [2.05, 4.69) is 15.2 Å². The Hall–Kier alpha value is -3.40. The monoisotopic (exact) mass is 325 g/mol. The molecule has 0 aliphatic carbocycles. The van der Waals surface area contributed by atoms with Crippen molar-refractivity contribution in [1.29, 1.82) is 0 Å². The van der Waals surface area contributed by atoms with E-state index in [1.165, 1.54) is 0 Å². The molecule has 0 unspecified atom stereocenters. The predicted molar refractivity (Wildman–Crippen MR) is 97.2 cm³/mol. The normalized spacial score (nSPS) is 10.7. The Labute approximate surface area is 145 Å². The number of aromatic nitrogens is 3. The van der Waals surface area contributed by atoms with E-state index < -0.39 is 0 Å². The molecule has 0 amide bonds. The van der Waals surface area contributed by atoms with E-state index >= 15 is 0 Å². The summed E-state index contributed by atoms with van der Waals surface area (Å²) in [5.74, 6) is 0.00862. The zero-order valence-electron chi connectivity index (χ0n) is 13.5. The first-order valence-electron chi connectivity index (χ1n) is 8.07. The molecule has 0 N–H and O–H groups in total. The van der Waals surface area contributed by atoms with Crippen LogP contribution in [0.4, 0.5) is 0 Å². The molecule has 0 radical (unpaired) electrons. The van der Waals surface area contributed by atoms with Crippen LogP contribution in [0.25, 0.3) is 22.2 Å². The maximum atomic E-state index is 12.5. The Balaban J connectivity index is 1.78. The van der Waals surface area contributed by atoms with Crippen LogP contribution in [0, 0.1) is 0 Å². The largest absolute Gasteiger partial charge is 0.294 e. The first-order chi connectivity index (χ1) is 12.3. The molecule has 2 aromatic heterocycles. The standard InChI is InChI=1S/C21H15N3O/c25-19(15-8-3-1-4-9-15)14-18-21-17(12-7-13-22-21)20(24-23-18)16-10-5-2-6-11-16/h1-13H,14H2. The van der Waals surface area contributed by atoms with Gasteiger partial charge in [-0.25, -0.2) is 0 Å². The minimum Gasteiger partial charge on any atom is -0.294 e. The van der Waals surface area contributed by atoms with Gasteiger partial charge in [-0.2, -0.15) is 5.10 Å². The molecule has 25 heavy (non-hydrogen) atoms. The number of hydrogen-bond acceptors (Lipinski definition) is 4. The number of hydrogen-bond donors (Lipinski definition) is 0. The predicted octanol–water partition coefficient (Wildman–Crippen LogP) is 4.12. The molecule has 4 aromatic rings. The van der Waals surface area contributed by atoms with E-state index in [-0.39, 0.29) is 12.2 Å². The van der Waals surface area contributed by atoms with E-state index in [9.17, 15) is 4.79 Å². The van der Waals surface area contributed by atoms with Crippen molar-refractivity contribution in [2.24, 2.45) is 0 Å². The van der Waals surface area contributed by atoms with Crippen molar-refractivity contribution in [3.63, 3.8) is 0 Å². The van der Waals surface area contributed by atoms with Crippen LogP contribution in [0.5, 0.6) is 0 Å². The van der Waals surface area contributed by atoms with Gasteiger partial charge in [0.1, 0.15) is 5.69 Å². The molecule has 0 atom stereocenters. The van der Waals surface area contributed by atoms with Gasteiger partial charge >= 0.3 is 0 Å². The molecule has 2 heterocycles. The molecule has 0 spiro atoms. The molecule has 4 nitrogen and oxygen atoms in total. The van der Waals surface area contributed by atoms with Gasteiger partial charge in [0.2, 0.25) is 0 Å². The SMILES string of the molecule is O=C(Cc1nnc(-c2ccccc2)c2cccnc12)c1ccccc1. The Kier molecular flexibility index (Phi) is 4.01. The van der Waals surface area contributed by atoms with Gasteiger partial charge in [-0.15, -0.1) is 5.10 Å². The topological polar surface area (TPSA) is 55.7 Å². The van der Waals surface area contributed by atoms with E-state index in [1.54, 1.807) is 6.20 Å². The molecule has 0 saturated carbocycles. The molecule has 120 valence electrons. The quantitative estimate of drug-likeness (QED) is 0.530. The summed E-state index contributed by atoms with van der Waals surface area (Å²) >= 11 is 0. The number of benzene rings is 2. The maximum Gasteiger partial charge on any atom is 0.168 e. The Morgan fingerprint density at radius 1 is 0.800 bits per heavy atom. The van der Waals surface area contributed by atoms with Gasteiger partial charge in [-0.3, -0.25) is 9.78 Å². The number of carbonyl (C=O) groups excluding carboxylic acids is 1. The van der Waals surface area contributed by atoms with Gasteiger partial charge in [0.05, 0.1) is 17.6 Å². The Morgan fingerprint density at radius 3 is 2.28 bits per heavy atom. The van der Waals surface area contributed by atoms with Crippen LogP contribution in [0.2, 0.25) is 0 Å². The third kappa shape index (κ3) is 3.02. The van der Waals surface area contributed by atoms with Crippen molar-refractivity contribution in [3.05, 3.63) is 90.3 Å². The van der Waals surface area contributed by atoms with Gasteiger partial charge in [0.25, 0.3) is 0 Å². The van der Waals surface area contributed by atoms with Crippen LogP contribution in [-0.4, -0.2) is 21.0 Å². The number of pyridine rings is 1. The maximum absolute atomic E-state index is 12.5. The minimum atomic E-state index is 0.00862. The van der Waals surface area contributed by atoms with Crippen molar-refractivity contribution in [2.45, 2.75) is 6.42 Å². The van der Waals surface area contributed by atoms with Crippen molar-refractivity contribution in [2.75, 3.05) is 0 Å². The van der Waals surface area contributed by atoms with Gasteiger partial charge in [0.15, 0.2) is 5.78 Å². The minimum absolute atomic E-state index is 0.00862. The summed E-state index contributed by atoms with van der Waals surface area (Å²) in [6.45, 7) is 0. The van der Waals surface area contributed by atoms with Crippen molar-refractivity contribution in [3.8, 4) is 11.3 Å². The fourth-order valence-corrected chi connectivity index (χ4v) is 2.84. The van der Waals surface area contributed by atoms with E-state index in [4.69, 9.17) is 0 Å². The summed E-state index contributed by atoms with van der Waals surface area (Å²) in [4.78, 5) is 17.0. The van der Waals surface area contributed by atoms with Gasteiger partial charge in [-0.05, 0) is 12.1 Å². The average Bonchev–Trinajstić information content (AvgIpc) is 2.69. The number of fused-ring (bicyclic) bond motifs is 1. The first kappa shape index (κ1) is 15.1. The highest BCUT2D eigenvalue weighted by Crippen LogP contribution is 2.26. The number of rotatable bonds is 4. The molecule has 0 saturated heterocycles. The van der Waals surface area contributed by atoms with Crippen LogP contribution in [-0.2, 0) is 6.42 Å². The van der Waals surface area contributed by atoms with Crippen LogP contribution in [0.3, 0.4) is 0 Å². The number of nitrogens with zero attached hydrogens (tertiary/aromatic N) is 3. The smallest absolute Gasteiger partial charge is 0.168 e. The van der Waals surface area contributed by atoms with E-state index in [1.807, 2.05) is 72.8 Å². The Morgan fingerprint density at radius 2 is 1.52 bits per heavy atom. The van der Waals surface area contributed by atoms with Crippen molar-refractivity contribution in [1.82, 2.24) is 15.2 Å². The van der Waals surface area contributed by atoms with Crippen LogP contribution in [0.1, 0.15) is 16.1 Å². The summed E-state index contributed by atoms with van der Waals surface area (Å²) < 4.78 is 0.